The summed E-state index contributed by atoms with van der Waals surface area (Å²) < 4.78 is 0. The molecular formula is C23H36N4O. The van der Waals surface area contributed by atoms with Crippen molar-refractivity contribution in [3.05, 3.63) is 35.9 Å². The van der Waals surface area contributed by atoms with Crippen LogP contribution in [0.5, 0.6) is 0 Å². The Morgan fingerprint density at radius 3 is 2.43 bits per heavy atom. The van der Waals surface area contributed by atoms with Crippen molar-refractivity contribution in [2.75, 3.05) is 33.2 Å². The number of hydrogen-bond acceptors (Lipinski definition) is 2. The maximum Gasteiger partial charge on any atom is 0.223 e. The highest BCUT2D eigenvalue weighted by atomic mass is 16.2. The third kappa shape index (κ3) is 6.25. The number of carbonyl (C=O) groups is 1. The van der Waals surface area contributed by atoms with Crippen LogP contribution in [-0.4, -0.2) is 50.0 Å². The van der Waals surface area contributed by atoms with Gasteiger partial charge >= 0.3 is 0 Å². The first-order valence-corrected chi connectivity index (χ1v) is 10.9. The van der Waals surface area contributed by atoms with Gasteiger partial charge in [-0.15, -0.1) is 0 Å². The molecule has 0 radical (unpaired) electrons. The molecule has 1 amide bonds. The topological polar surface area (TPSA) is 56.7 Å². The molecule has 1 aliphatic carbocycles. The van der Waals surface area contributed by atoms with E-state index >= 15 is 0 Å². The summed E-state index contributed by atoms with van der Waals surface area (Å²) in [5, 5.41) is 6.92. The Hall–Kier alpha value is -2.04. The van der Waals surface area contributed by atoms with Crippen LogP contribution in [0.15, 0.2) is 35.3 Å². The molecule has 2 fully saturated rings. The first-order chi connectivity index (χ1) is 13.6. The SMILES string of the molecule is CN=C(NCC1CCC(C)CC1)NCC1CC(=O)N(CCc2ccccc2)C1. The van der Waals surface area contributed by atoms with Crippen molar-refractivity contribution in [3.8, 4) is 0 Å². The van der Waals surface area contributed by atoms with Gasteiger partial charge in [0.25, 0.3) is 0 Å². The third-order valence-electron chi connectivity index (χ3n) is 6.28. The molecule has 1 aromatic rings. The predicted molar refractivity (Wildman–Crippen MR) is 115 cm³/mol. The normalized spacial score (nSPS) is 25.8. The van der Waals surface area contributed by atoms with E-state index in [1.807, 2.05) is 18.0 Å². The second-order valence-corrected chi connectivity index (χ2v) is 8.61. The summed E-state index contributed by atoms with van der Waals surface area (Å²) in [4.78, 5) is 18.7. The van der Waals surface area contributed by atoms with E-state index in [1.165, 1.54) is 31.2 Å². The van der Waals surface area contributed by atoms with Crippen molar-refractivity contribution in [2.24, 2.45) is 22.7 Å². The molecule has 1 saturated carbocycles. The van der Waals surface area contributed by atoms with Crippen molar-refractivity contribution in [2.45, 2.75) is 45.4 Å². The lowest BCUT2D eigenvalue weighted by atomic mass is 9.83. The molecule has 1 aliphatic heterocycles. The lowest BCUT2D eigenvalue weighted by molar-refractivity contribution is -0.127. The molecule has 0 bridgehead atoms. The largest absolute Gasteiger partial charge is 0.356 e. The van der Waals surface area contributed by atoms with Crippen molar-refractivity contribution in [3.63, 3.8) is 0 Å². The molecular weight excluding hydrogens is 348 g/mol. The van der Waals surface area contributed by atoms with Gasteiger partial charge in [-0.05, 0) is 36.7 Å². The van der Waals surface area contributed by atoms with Crippen LogP contribution in [0.4, 0.5) is 0 Å². The highest BCUT2D eigenvalue weighted by Crippen LogP contribution is 2.27. The minimum atomic E-state index is 0.280. The number of aliphatic imine (C=N–C) groups is 1. The lowest BCUT2D eigenvalue weighted by Crippen LogP contribution is -2.42. The minimum Gasteiger partial charge on any atom is -0.356 e. The van der Waals surface area contributed by atoms with Gasteiger partial charge in [0.15, 0.2) is 5.96 Å². The standard InChI is InChI=1S/C23H36N4O/c1-18-8-10-20(11-9-18)15-25-23(24-2)26-16-21-14-22(28)27(17-21)13-12-19-6-4-3-5-7-19/h3-7,18,20-21H,8-17H2,1-2H3,(H2,24,25,26). The number of benzene rings is 1. The van der Waals surface area contributed by atoms with E-state index < -0.39 is 0 Å². The molecule has 0 aromatic heterocycles. The van der Waals surface area contributed by atoms with E-state index in [2.05, 4.69) is 46.8 Å². The van der Waals surface area contributed by atoms with E-state index in [0.29, 0.717) is 12.3 Å². The Balaban J connectivity index is 1.36. The number of nitrogens with zero attached hydrogens (tertiary/aromatic N) is 2. The zero-order valence-electron chi connectivity index (χ0n) is 17.5. The summed E-state index contributed by atoms with van der Waals surface area (Å²) in [5.74, 6) is 3.16. The molecule has 1 unspecified atom stereocenters. The summed E-state index contributed by atoms with van der Waals surface area (Å²) in [6.45, 7) is 5.81. The maximum atomic E-state index is 12.3. The van der Waals surface area contributed by atoms with Gasteiger partial charge < -0.3 is 15.5 Å². The summed E-state index contributed by atoms with van der Waals surface area (Å²) in [5.41, 5.74) is 1.29. The lowest BCUT2D eigenvalue weighted by Gasteiger charge is -2.27. The number of nitrogens with one attached hydrogen (secondary N) is 2. The van der Waals surface area contributed by atoms with Crippen LogP contribution in [0.2, 0.25) is 0 Å². The number of amides is 1. The number of likely N-dealkylation sites (tertiary alicyclic amines) is 1. The quantitative estimate of drug-likeness (QED) is 0.561. The van der Waals surface area contributed by atoms with Crippen LogP contribution in [0.3, 0.4) is 0 Å². The van der Waals surface area contributed by atoms with Gasteiger partial charge in [-0.1, -0.05) is 50.1 Å². The van der Waals surface area contributed by atoms with E-state index in [9.17, 15) is 4.79 Å². The average Bonchev–Trinajstić information content (AvgIpc) is 3.08. The fraction of sp³-hybridized carbons (Fsp3) is 0.652. The monoisotopic (exact) mass is 384 g/mol. The summed E-state index contributed by atoms with van der Waals surface area (Å²) >= 11 is 0. The fourth-order valence-corrected chi connectivity index (χ4v) is 4.35. The number of carbonyl (C=O) groups excluding carboxylic acids is 1. The van der Waals surface area contributed by atoms with Crippen LogP contribution in [-0.2, 0) is 11.2 Å². The van der Waals surface area contributed by atoms with Crippen LogP contribution in [0.25, 0.3) is 0 Å². The Morgan fingerprint density at radius 2 is 1.75 bits per heavy atom. The Morgan fingerprint density at radius 1 is 1.07 bits per heavy atom. The van der Waals surface area contributed by atoms with E-state index in [1.54, 1.807) is 0 Å². The average molecular weight is 385 g/mol. The molecule has 1 aromatic carbocycles. The predicted octanol–water partition coefficient (Wildman–Crippen LogP) is 3.07. The first-order valence-electron chi connectivity index (χ1n) is 10.9. The summed E-state index contributed by atoms with van der Waals surface area (Å²) in [7, 11) is 1.82. The van der Waals surface area contributed by atoms with Gasteiger partial charge in [0.2, 0.25) is 5.91 Å². The van der Waals surface area contributed by atoms with Gasteiger partial charge in [0, 0.05) is 45.6 Å². The molecule has 28 heavy (non-hydrogen) atoms. The van der Waals surface area contributed by atoms with Crippen LogP contribution in [0.1, 0.15) is 44.6 Å². The zero-order valence-corrected chi connectivity index (χ0v) is 17.5. The second-order valence-electron chi connectivity index (χ2n) is 8.61. The molecule has 0 spiro atoms. The highest BCUT2D eigenvalue weighted by Gasteiger charge is 2.29. The Labute approximate surface area is 170 Å². The van der Waals surface area contributed by atoms with Crippen molar-refractivity contribution >= 4 is 11.9 Å². The van der Waals surface area contributed by atoms with Crippen LogP contribution in [0, 0.1) is 17.8 Å². The van der Waals surface area contributed by atoms with E-state index in [4.69, 9.17) is 0 Å². The van der Waals surface area contributed by atoms with E-state index in [0.717, 1.165) is 50.4 Å². The van der Waals surface area contributed by atoms with E-state index in [-0.39, 0.29) is 5.91 Å². The molecule has 3 rings (SSSR count). The molecule has 154 valence electrons. The molecule has 2 N–H and O–H groups in total. The maximum absolute atomic E-state index is 12.3. The summed E-state index contributed by atoms with van der Waals surface area (Å²) in [6, 6.07) is 10.4. The highest BCUT2D eigenvalue weighted by molar-refractivity contribution is 5.80. The zero-order chi connectivity index (χ0) is 19.8. The molecule has 1 atom stereocenters. The van der Waals surface area contributed by atoms with Gasteiger partial charge in [-0.2, -0.15) is 0 Å². The van der Waals surface area contributed by atoms with Crippen LogP contribution < -0.4 is 10.6 Å². The molecule has 5 heteroatoms. The third-order valence-corrected chi connectivity index (χ3v) is 6.28. The van der Waals surface area contributed by atoms with Gasteiger partial charge in [0.1, 0.15) is 0 Å². The van der Waals surface area contributed by atoms with Crippen molar-refractivity contribution < 1.29 is 4.79 Å². The second kappa shape index (κ2) is 10.5. The summed E-state index contributed by atoms with van der Waals surface area (Å²) in [6.07, 6.45) is 6.90. The first kappa shape index (κ1) is 20.7. The van der Waals surface area contributed by atoms with Gasteiger partial charge in [0.05, 0.1) is 0 Å². The smallest absolute Gasteiger partial charge is 0.223 e. The van der Waals surface area contributed by atoms with Gasteiger partial charge in [-0.25, -0.2) is 0 Å². The number of hydrogen-bond donors (Lipinski definition) is 2. The molecule has 1 heterocycles. The molecule has 2 aliphatic rings. The molecule has 1 saturated heterocycles. The Bertz CT molecular complexity index is 637. The molecule has 5 nitrogen and oxygen atoms in total. The number of guanidine groups is 1. The number of rotatable bonds is 7. The van der Waals surface area contributed by atoms with Gasteiger partial charge in [-0.3, -0.25) is 9.79 Å². The van der Waals surface area contributed by atoms with Crippen LogP contribution >= 0.6 is 0 Å². The fourth-order valence-electron chi connectivity index (χ4n) is 4.35. The van der Waals surface area contributed by atoms with Crippen molar-refractivity contribution in [1.82, 2.24) is 15.5 Å². The minimum absolute atomic E-state index is 0.280. The Kier molecular flexibility index (Phi) is 7.75. The van der Waals surface area contributed by atoms with Crippen molar-refractivity contribution in [1.29, 1.82) is 0 Å².